The molecule has 0 saturated heterocycles. The van der Waals surface area contributed by atoms with Gasteiger partial charge in [0.2, 0.25) is 5.91 Å². The summed E-state index contributed by atoms with van der Waals surface area (Å²) < 4.78 is 2.24. The van der Waals surface area contributed by atoms with Crippen LogP contribution in [0.5, 0.6) is 0 Å². The summed E-state index contributed by atoms with van der Waals surface area (Å²) in [7, 11) is 0. The molecule has 5 N–H and O–H groups in total. The van der Waals surface area contributed by atoms with Crippen molar-refractivity contribution in [3.8, 4) is 0 Å². The van der Waals surface area contributed by atoms with Crippen molar-refractivity contribution in [2.75, 3.05) is 17.2 Å². The van der Waals surface area contributed by atoms with Crippen LogP contribution in [0.3, 0.4) is 0 Å². The predicted molar refractivity (Wildman–Crippen MR) is 105 cm³/mol. The summed E-state index contributed by atoms with van der Waals surface area (Å²) >= 11 is 3.45. The molecule has 0 fully saturated rings. The third-order valence-electron chi connectivity index (χ3n) is 3.12. The maximum atomic E-state index is 12.5. The molecule has 27 heavy (non-hydrogen) atoms. The molecule has 1 amide bonds. The number of Topliss-reactive ketones (excluding diaryl/α,β-unsaturated/α-hetero) is 1. The van der Waals surface area contributed by atoms with Gasteiger partial charge in [0.1, 0.15) is 11.4 Å². The number of aromatic nitrogens is 4. The second-order valence-electron chi connectivity index (χ2n) is 5.82. The van der Waals surface area contributed by atoms with Crippen molar-refractivity contribution >= 4 is 52.4 Å². The van der Waals surface area contributed by atoms with Gasteiger partial charge in [-0.25, -0.2) is 4.79 Å². The van der Waals surface area contributed by atoms with Gasteiger partial charge in [-0.3, -0.25) is 23.9 Å². The number of anilines is 1. The van der Waals surface area contributed by atoms with Gasteiger partial charge in [0.05, 0.1) is 11.5 Å². The number of ketones is 1. The van der Waals surface area contributed by atoms with Gasteiger partial charge in [-0.15, -0.1) is 10.2 Å². The van der Waals surface area contributed by atoms with Crippen LogP contribution in [0, 0.1) is 5.92 Å². The summed E-state index contributed by atoms with van der Waals surface area (Å²) in [6, 6.07) is 0. The summed E-state index contributed by atoms with van der Waals surface area (Å²) in [5, 5.41) is 7.80. The van der Waals surface area contributed by atoms with Gasteiger partial charge >= 0.3 is 5.69 Å². The third kappa shape index (κ3) is 5.68. The lowest BCUT2D eigenvalue weighted by atomic mass is 10.2. The predicted octanol–water partition coefficient (Wildman–Crippen LogP) is 0.179. The molecule has 2 aromatic rings. The number of nitrogens with one attached hydrogen (secondary N) is 1. The van der Waals surface area contributed by atoms with Crippen molar-refractivity contribution in [3.63, 3.8) is 0 Å². The van der Waals surface area contributed by atoms with Crippen LogP contribution in [-0.4, -0.2) is 42.9 Å². The first-order valence-electron chi connectivity index (χ1n) is 7.72. The Kier molecular flexibility index (Phi) is 7.21. The first-order valence-corrected chi connectivity index (χ1v) is 10.5. The van der Waals surface area contributed by atoms with E-state index in [1.165, 1.54) is 15.9 Å². The van der Waals surface area contributed by atoms with Gasteiger partial charge in [-0.2, -0.15) is 0 Å². The van der Waals surface area contributed by atoms with Crippen molar-refractivity contribution in [2.24, 2.45) is 11.7 Å². The van der Waals surface area contributed by atoms with Gasteiger partial charge in [-0.05, 0) is 5.92 Å². The first-order chi connectivity index (χ1) is 12.7. The van der Waals surface area contributed by atoms with Gasteiger partial charge in [0.15, 0.2) is 14.5 Å². The minimum atomic E-state index is -0.807. The van der Waals surface area contributed by atoms with E-state index in [0.717, 1.165) is 23.5 Å². The third-order valence-corrected chi connectivity index (χ3v) is 6.33. The molecule has 0 aliphatic rings. The normalized spacial score (nSPS) is 11.1. The van der Waals surface area contributed by atoms with Crippen LogP contribution < -0.4 is 22.7 Å². The zero-order valence-corrected chi connectivity index (χ0v) is 17.0. The van der Waals surface area contributed by atoms with Gasteiger partial charge in [0, 0.05) is 6.54 Å². The number of hydrogen-bond acceptors (Lipinski definition) is 10. The van der Waals surface area contributed by atoms with Crippen LogP contribution in [-0.2, 0) is 11.3 Å². The van der Waals surface area contributed by atoms with Gasteiger partial charge < -0.3 is 11.5 Å². The molecule has 0 unspecified atom stereocenters. The fourth-order valence-corrected chi connectivity index (χ4v) is 4.68. The van der Waals surface area contributed by atoms with E-state index < -0.39 is 22.9 Å². The highest BCUT2D eigenvalue weighted by Gasteiger charge is 2.20. The molecule has 0 bridgehead atoms. The molecule has 0 radical (unpaired) electrons. The van der Waals surface area contributed by atoms with E-state index in [1.54, 1.807) is 0 Å². The maximum absolute atomic E-state index is 12.5. The summed E-state index contributed by atoms with van der Waals surface area (Å²) in [4.78, 5) is 49.4. The Balaban J connectivity index is 2.13. The van der Waals surface area contributed by atoms with Crippen LogP contribution in [0.4, 0.5) is 5.82 Å². The Morgan fingerprint density at radius 2 is 1.78 bits per heavy atom. The van der Waals surface area contributed by atoms with Crippen molar-refractivity contribution in [1.29, 1.82) is 0 Å². The largest absolute Gasteiger partial charge is 0.384 e. The maximum Gasteiger partial charge on any atom is 0.329 e. The Labute approximate surface area is 166 Å². The van der Waals surface area contributed by atoms with E-state index >= 15 is 0 Å². The van der Waals surface area contributed by atoms with E-state index in [4.69, 9.17) is 11.5 Å². The lowest BCUT2D eigenvalue weighted by molar-refractivity contribution is -0.115. The zero-order chi connectivity index (χ0) is 20.1. The molecule has 2 rings (SSSR count). The van der Waals surface area contributed by atoms with E-state index in [2.05, 4.69) is 15.2 Å². The number of thioether (sulfide) groups is 2. The number of hydrogen-bond donors (Lipinski definition) is 3. The van der Waals surface area contributed by atoms with Crippen molar-refractivity contribution in [2.45, 2.75) is 29.1 Å². The highest BCUT2D eigenvalue weighted by Crippen LogP contribution is 2.29. The number of carbonyl (C=O) groups is 2. The molecular formula is C14H18N6O4S3. The number of aromatic amines is 1. The van der Waals surface area contributed by atoms with E-state index in [0.29, 0.717) is 8.68 Å². The SMILES string of the molecule is CC(C)Cn1c(N)c(C(=O)CSc2nnc(SCC(N)=O)s2)c(=O)[nH]c1=O. The van der Waals surface area contributed by atoms with Crippen LogP contribution in [0.25, 0.3) is 0 Å². The summed E-state index contributed by atoms with van der Waals surface area (Å²) in [5.41, 5.74) is 9.29. The molecule has 0 spiro atoms. The number of amides is 1. The van der Waals surface area contributed by atoms with Crippen LogP contribution in [0.2, 0.25) is 0 Å². The molecule has 0 saturated carbocycles. The minimum Gasteiger partial charge on any atom is -0.384 e. The number of rotatable bonds is 9. The van der Waals surface area contributed by atoms with E-state index in [-0.39, 0.29) is 35.3 Å². The summed E-state index contributed by atoms with van der Waals surface area (Å²) in [6.07, 6.45) is 0. The molecule has 0 aromatic carbocycles. The molecule has 2 heterocycles. The van der Waals surface area contributed by atoms with Gasteiger partial charge in [-0.1, -0.05) is 48.7 Å². The number of nitrogen functional groups attached to an aromatic ring is 1. The second-order valence-corrected chi connectivity index (χ2v) is 9.25. The lowest BCUT2D eigenvalue weighted by Gasteiger charge is -2.13. The van der Waals surface area contributed by atoms with Crippen molar-refractivity contribution < 1.29 is 9.59 Å². The minimum absolute atomic E-state index is 0.0849. The average molecular weight is 431 g/mol. The number of nitrogens with zero attached hydrogens (tertiary/aromatic N) is 3. The second kappa shape index (κ2) is 9.19. The molecule has 0 aliphatic carbocycles. The Morgan fingerprint density at radius 1 is 1.19 bits per heavy atom. The highest BCUT2D eigenvalue weighted by molar-refractivity contribution is 8.03. The van der Waals surface area contributed by atoms with Gasteiger partial charge in [0.25, 0.3) is 5.56 Å². The lowest BCUT2D eigenvalue weighted by Crippen LogP contribution is -2.37. The number of carbonyl (C=O) groups excluding carboxylic acids is 2. The Bertz CT molecular complexity index is 964. The smallest absolute Gasteiger partial charge is 0.329 e. The number of nitrogens with two attached hydrogens (primary N) is 2. The van der Waals surface area contributed by atoms with Crippen molar-refractivity contribution in [3.05, 3.63) is 26.4 Å². The zero-order valence-electron chi connectivity index (χ0n) is 14.6. The molecule has 13 heteroatoms. The molecule has 0 aliphatic heterocycles. The van der Waals surface area contributed by atoms with Crippen LogP contribution in [0.15, 0.2) is 18.3 Å². The average Bonchev–Trinajstić information content (AvgIpc) is 3.02. The summed E-state index contributed by atoms with van der Waals surface area (Å²) in [6.45, 7) is 4.06. The van der Waals surface area contributed by atoms with E-state index in [9.17, 15) is 19.2 Å². The Hall–Kier alpha value is -2.12. The molecule has 2 aromatic heterocycles. The quantitative estimate of drug-likeness (QED) is 0.371. The summed E-state index contributed by atoms with van der Waals surface area (Å²) in [5.74, 6) is -1.03. The molecule has 0 atom stereocenters. The van der Waals surface area contributed by atoms with E-state index in [1.807, 2.05) is 13.8 Å². The fraction of sp³-hybridized carbons (Fsp3) is 0.429. The fourth-order valence-electron chi connectivity index (χ4n) is 2.05. The number of primary amides is 1. The van der Waals surface area contributed by atoms with Crippen LogP contribution in [0.1, 0.15) is 24.2 Å². The first kappa shape index (κ1) is 21.2. The highest BCUT2D eigenvalue weighted by atomic mass is 32.2. The van der Waals surface area contributed by atoms with Crippen molar-refractivity contribution in [1.82, 2.24) is 19.7 Å². The molecule has 10 nitrogen and oxygen atoms in total. The molecular weight excluding hydrogens is 412 g/mol. The monoisotopic (exact) mass is 430 g/mol. The Morgan fingerprint density at radius 3 is 2.33 bits per heavy atom. The number of H-pyrrole nitrogens is 1. The molecule has 146 valence electrons. The van der Waals surface area contributed by atoms with Crippen LogP contribution >= 0.6 is 34.9 Å². The standard InChI is InChI=1S/C14H18N6O4S3/c1-6(2)3-20-10(16)9(11(23)17-12(20)24)7(21)4-25-13-18-19-14(27-13)26-5-8(15)22/h6H,3-5,16H2,1-2H3,(H2,15,22)(H,17,23,24). The topological polar surface area (TPSA) is 167 Å².